The normalized spacial score (nSPS) is 10.8. The number of nitrogens with zero attached hydrogens (tertiary/aromatic N) is 1. The van der Waals surface area contributed by atoms with E-state index in [0.717, 1.165) is 25.2 Å². The molecule has 3 rings (SSSR count). The highest BCUT2D eigenvalue weighted by atomic mass is 16.1. The Bertz CT molecular complexity index is 1130. The molecular weight excluding hydrogens is 412 g/mol. The maximum atomic E-state index is 12.9. The maximum absolute atomic E-state index is 12.9. The summed E-state index contributed by atoms with van der Waals surface area (Å²) in [6, 6.07) is 21.4. The fourth-order valence-corrected chi connectivity index (χ4v) is 3.67. The second-order valence-electron chi connectivity index (χ2n) is 7.96. The van der Waals surface area contributed by atoms with Crippen molar-refractivity contribution in [1.82, 2.24) is 10.2 Å². The van der Waals surface area contributed by atoms with Gasteiger partial charge in [-0.15, -0.1) is 0 Å². The van der Waals surface area contributed by atoms with Crippen molar-refractivity contribution in [3.8, 4) is 0 Å². The summed E-state index contributed by atoms with van der Waals surface area (Å²) in [7, 11) is 0. The van der Waals surface area contributed by atoms with Crippen LogP contribution in [0.3, 0.4) is 0 Å². The highest BCUT2D eigenvalue weighted by molar-refractivity contribution is 6.10. The van der Waals surface area contributed by atoms with E-state index in [1.54, 1.807) is 48.5 Å². The Hall–Kier alpha value is -3.57. The molecule has 0 aliphatic carbocycles. The number of hydrogen-bond acceptors (Lipinski definition) is 4. The standard InChI is InChI=1S/C28H30N2O3/c1-4-30(5-2)19-26-10-7-6-9-25(26)18-29-28(33)24-12-8-11-23(17-24)27(32)22-15-13-21(14-16-22)20(3)31/h6-17H,4-5,18-19H2,1-3H3,(H,29,33). The maximum Gasteiger partial charge on any atom is 0.251 e. The molecular formula is C28H30N2O3. The van der Waals surface area contributed by atoms with Crippen molar-refractivity contribution in [2.24, 2.45) is 0 Å². The zero-order valence-electron chi connectivity index (χ0n) is 19.4. The molecule has 0 spiro atoms. The first-order valence-corrected chi connectivity index (χ1v) is 11.3. The number of ketones is 2. The summed E-state index contributed by atoms with van der Waals surface area (Å²) in [6.45, 7) is 8.96. The second kappa shape index (κ2) is 11.3. The molecule has 0 atom stereocenters. The van der Waals surface area contributed by atoms with Crippen LogP contribution in [0.5, 0.6) is 0 Å². The number of rotatable bonds is 10. The summed E-state index contributed by atoms with van der Waals surface area (Å²) in [5.74, 6) is -0.468. The smallest absolute Gasteiger partial charge is 0.251 e. The zero-order valence-corrected chi connectivity index (χ0v) is 19.4. The molecule has 1 amide bonds. The Balaban J connectivity index is 1.70. The molecule has 3 aromatic rings. The van der Waals surface area contributed by atoms with Gasteiger partial charge in [-0.2, -0.15) is 0 Å². The van der Waals surface area contributed by atoms with E-state index in [2.05, 4.69) is 30.1 Å². The van der Waals surface area contributed by atoms with Gasteiger partial charge in [0.2, 0.25) is 0 Å². The Labute approximate surface area is 195 Å². The van der Waals surface area contributed by atoms with Crippen LogP contribution in [0.4, 0.5) is 0 Å². The van der Waals surface area contributed by atoms with E-state index >= 15 is 0 Å². The molecule has 1 N–H and O–H groups in total. The van der Waals surface area contributed by atoms with E-state index in [4.69, 9.17) is 0 Å². The van der Waals surface area contributed by atoms with Crippen molar-refractivity contribution in [2.75, 3.05) is 13.1 Å². The van der Waals surface area contributed by atoms with Crippen LogP contribution < -0.4 is 5.32 Å². The summed E-state index contributed by atoms with van der Waals surface area (Å²) in [5, 5.41) is 2.98. The molecule has 0 radical (unpaired) electrons. The number of Topliss-reactive ketones (excluding diaryl/α,β-unsaturated/α-hetero) is 1. The van der Waals surface area contributed by atoms with Crippen molar-refractivity contribution >= 4 is 17.5 Å². The molecule has 0 saturated heterocycles. The molecule has 0 aliphatic rings. The van der Waals surface area contributed by atoms with Crippen LogP contribution in [0.1, 0.15) is 68.5 Å². The van der Waals surface area contributed by atoms with E-state index in [1.807, 2.05) is 18.2 Å². The third-order valence-electron chi connectivity index (χ3n) is 5.79. The van der Waals surface area contributed by atoms with Gasteiger partial charge in [-0.25, -0.2) is 0 Å². The number of nitrogens with one attached hydrogen (secondary N) is 1. The van der Waals surface area contributed by atoms with Crippen molar-refractivity contribution in [3.63, 3.8) is 0 Å². The minimum Gasteiger partial charge on any atom is -0.348 e. The lowest BCUT2D eigenvalue weighted by molar-refractivity contribution is 0.0949. The molecule has 5 heteroatoms. The van der Waals surface area contributed by atoms with Crippen LogP contribution in [0.15, 0.2) is 72.8 Å². The molecule has 33 heavy (non-hydrogen) atoms. The Kier molecular flexibility index (Phi) is 8.28. The number of amides is 1. The van der Waals surface area contributed by atoms with Gasteiger partial charge in [-0.3, -0.25) is 19.3 Å². The molecule has 3 aromatic carbocycles. The van der Waals surface area contributed by atoms with E-state index in [0.29, 0.717) is 28.8 Å². The quantitative estimate of drug-likeness (QED) is 0.454. The summed E-state index contributed by atoms with van der Waals surface area (Å²) in [6.07, 6.45) is 0. The minimum atomic E-state index is -0.228. The van der Waals surface area contributed by atoms with Gasteiger partial charge in [-0.05, 0) is 43.3 Å². The summed E-state index contributed by atoms with van der Waals surface area (Å²) < 4.78 is 0. The Morgan fingerprint density at radius 1 is 0.727 bits per heavy atom. The number of carbonyl (C=O) groups is 3. The summed E-state index contributed by atoms with van der Waals surface area (Å²) >= 11 is 0. The highest BCUT2D eigenvalue weighted by Crippen LogP contribution is 2.15. The van der Waals surface area contributed by atoms with Crippen LogP contribution in [0.2, 0.25) is 0 Å². The summed E-state index contributed by atoms with van der Waals surface area (Å²) in [4.78, 5) is 39.5. The zero-order chi connectivity index (χ0) is 23.8. The predicted molar refractivity (Wildman–Crippen MR) is 131 cm³/mol. The van der Waals surface area contributed by atoms with Crippen LogP contribution in [0, 0.1) is 0 Å². The third-order valence-corrected chi connectivity index (χ3v) is 5.79. The van der Waals surface area contributed by atoms with Gasteiger partial charge in [0.05, 0.1) is 0 Å². The monoisotopic (exact) mass is 442 g/mol. The van der Waals surface area contributed by atoms with Gasteiger partial charge in [0.15, 0.2) is 11.6 Å². The largest absolute Gasteiger partial charge is 0.348 e. The van der Waals surface area contributed by atoms with Gasteiger partial charge >= 0.3 is 0 Å². The van der Waals surface area contributed by atoms with Crippen molar-refractivity contribution in [3.05, 3.63) is 106 Å². The van der Waals surface area contributed by atoms with Gasteiger partial charge in [0, 0.05) is 35.3 Å². The van der Waals surface area contributed by atoms with Gasteiger partial charge < -0.3 is 5.32 Å². The number of benzene rings is 3. The molecule has 170 valence electrons. The van der Waals surface area contributed by atoms with E-state index < -0.39 is 0 Å². The number of hydrogen-bond donors (Lipinski definition) is 1. The summed E-state index contributed by atoms with van der Waals surface area (Å²) in [5.41, 5.74) is 4.17. The second-order valence-corrected chi connectivity index (χ2v) is 7.96. The first-order chi connectivity index (χ1) is 15.9. The fourth-order valence-electron chi connectivity index (χ4n) is 3.67. The molecule has 0 unspecified atom stereocenters. The highest BCUT2D eigenvalue weighted by Gasteiger charge is 2.14. The van der Waals surface area contributed by atoms with Crippen LogP contribution in [-0.2, 0) is 13.1 Å². The van der Waals surface area contributed by atoms with E-state index in [1.165, 1.54) is 12.5 Å². The van der Waals surface area contributed by atoms with E-state index in [9.17, 15) is 14.4 Å². The first-order valence-electron chi connectivity index (χ1n) is 11.3. The fraction of sp³-hybridized carbons (Fsp3) is 0.250. The van der Waals surface area contributed by atoms with Gasteiger partial charge in [0.25, 0.3) is 5.91 Å². The topological polar surface area (TPSA) is 66.5 Å². The van der Waals surface area contributed by atoms with Crippen LogP contribution >= 0.6 is 0 Å². The lowest BCUT2D eigenvalue weighted by Crippen LogP contribution is -2.26. The number of carbonyl (C=O) groups excluding carboxylic acids is 3. The molecule has 0 aliphatic heterocycles. The molecule has 0 bridgehead atoms. The Morgan fingerprint density at radius 2 is 1.33 bits per heavy atom. The van der Waals surface area contributed by atoms with Crippen molar-refractivity contribution in [2.45, 2.75) is 33.9 Å². The lowest BCUT2D eigenvalue weighted by atomic mass is 9.99. The lowest BCUT2D eigenvalue weighted by Gasteiger charge is -2.20. The van der Waals surface area contributed by atoms with Crippen LogP contribution in [-0.4, -0.2) is 35.5 Å². The molecule has 0 heterocycles. The molecule has 0 saturated carbocycles. The van der Waals surface area contributed by atoms with Crippen LogP contribution in [0.25, 0.3) is 0 Å². The first kappa shape index (κ1) is 24.1. The van der Waals surface area contributed by atoms with Crippen molar-refractivity contribution < 1.29 is 14.4 Å². The van der Waals surface area contributed by atoms with E-state index in [-0.39, 0.29) is 17.5 Å². The Morgan fingerprint density at radius 3 is 1.97 bits per heavy atom. The van der Waals surface area contributed by atoms with Gasteiger partial charge in [0.1, 0.15) is 0 Å². The average Bonchev–Trinajstić information content (AvgIpc) is 2.86. The average molecular weight is 443 g/mol. The molecule has 0 fully saturated rings. The molecule has 5 nitrogen and oxygen atoms in total. The molecule has 0 aromatic heterocycles. The minimum absolute atomic E-state index is 0.0497. The van der Waals surface area contributed by atoms with Gasteiger partial charge in [-0.1, -0.05) is 74.5 Å². The SMILES string of the molecule is CCN(CC)Cc1ccccc1CNC(=O)c1cccc(C(=O)c2ccc(C(C)=O)cc2)c1. The van der Waals surface area contributed by atoms with Crippen molar-refractivity contribution in [1.29, 1.82) is 0 Å². The predicted octanol–water partition coefficient (Wildman–Crippen LogP) is 4.89. The third kappa shape index (κ3) is 6.24.